The first-order valence-corrected chi connectivity index (χ1v) is 10.4. The van der Waals surface area contributed by atoms with Gasteiger partial charge in [-0.3, -0.25) is 9.59 Å². The molecule has 0 saturated heterocycles. The monoisotopic (exact) mass is 436 g/mol. The molecule has 0 radical (unpaired) electrons. The van der Waals surface area contributed by atoms with Crippen LogP contribution in [0.1, 0.15) is 36.7 Å². The van der Waals surface area contributed by atoms with Gasteiger partial charge in [0.25, 0.3) is 5.91 Å². The van der Waals surface area contributed by atoms with Crippen LogP contribution in [0.2, 0.25) is 0 Å². The molecule has 2 N–H and O–H groups in total. The Kier molecular flexibility index (Phi) is 8.78. The molecule has 8 nitrogen and oxygen atoms in total. The molecule has 1 aromatic carbocycles. The van der Waals surface area contributed by atoms with Crippen LogP contribution in [0.5, 0.6) is 0 Å². The lowest BCUT2D eigenvalue weighted by molar-refractivity contribution is -0.143. The predicted molar refractivity (Wildman–Crippen MR) is 121 cm³/mol. The van der Waals surface area contributed by atoms with E-state index < -0.39 is 24.4 Å². The minimum Gasteiger partial charge on any atom is -0.451 e. The van der Waals surface area contributed by atoms with Crippen molar-refractivity contribution in [3.8, 4) is 6.07 Å². The molecule has 2 amide bonds. The first-order chi connectivity index (χ1) is 15.3. The molecule has 2 rings (SSSR count). The summed E-state index contributed by atoms with van der Waals surface area (Å²) in [5.41, 5.74) is 8.29. The van der Waals surface area contributed by atoms with Gasteiger partial charge in [0.05, 0.1) is 0 Å². The van der Waals surface area contributed by atoms with E-state index in [1.807, 2.05) is 26.0 Å². The summed E-state index contributed by atoms with van der Waals surface area (Å²) in [4.78, 5) is 37.7. The van der Waals surface area contributed by atoms with E-state index in [9.17, 15) is 19.6 Å². The molecule has 2 aromatic rings. The van der Waals surface area contributed by atoms with Gasteiger partial charge in [-0.2, -0.15) is 5.26 Å². The maximum Gasteiger partial charge on any atom is 0.349 e. The van der Waals surface area contributed by atoms with Crippen LogP contribution in [0.25, 0.3) is 6.08 Å². The van der Waals surface area contributed by atoms with Crippen molar-refractivity contribution in [1.29, 1.82) is 5.26 Å². The van der Waals surface area contributed by atoms with Crippen molar-refractivity contribution in [3.05, 3.63) is 58.9 Å². The van der Waals surface area contributed by atoms with Crippen molar-refractivity contribution in [2.45, 2.75) is 40.2 Å². The maximum atomic E-state index is 12.7. The number of aryl methyl sites for hydroxylation is 1. The summed E-state index contributed by atoms with van der Waals surface area (Å²) in [5, 5.41) is 9.45. The molecule has 0 atom stereocenters. The van der Waals surface area contributed by atoms with Crippen molar-refractivity contribution < 1.29 is 19.1 Å². The standard InChI is InChI=1S/C24H28N4O4/c1-4-11-27-17(2)13-19(18(27)3)14-20(15-25)24(31)32-16-23(30)28(12-10-22(26)29)21-8-6-5-7-9-21/h5-9,13-14H,4,10-12,16H2,1-3H3,(H2,26,29)/b20-14+. The molecule has 0 fully saturated rings. The number of benzene rings is 1. The molecule has 168 valence electrons. The zero-order valence-electron chi connectivity index (χ0n) is 18.6. The number of carbonyl (C=O) groups excluding carboxylic acids is 3. The molecule has 1 heterocycles. The van der Waals surface area contributed by atoms with Crippen molar-refractivity contribution in [2.75, 3.05) is 18.1 Å². The molecule has 0 saturated carbocycles. The van der Waals surface area contributed by atoms with E-state index in [-0.39, 0.29) is 18.5 Å². The van der Waals surface area contributed by atoms with Gasteiger partial charge in [0.15, 0.2) is 6.61 Å². The summed E-state index contributed by atoms with van der Waals surface area (Å²) >= 11 is 0. The number of hydrogen-bond donors (Lipinski definition) is 1. The highest BCUT2D eigenvalue weighted by atomic mass is 16.5. The van der Waals surface area contributed by atoms with Gasteiger partial charge in [0, 0.05) is 36.6 Å². The number of hydrogen-bond acceptors (Lipinski definition) is 5. The third-order valence-corrected chi connectivity index (χ3v) is 4.98. The largest absolute Gasteiger partial charge is 0.451 e. The predicted octanol–water partition coefficient (Wildman–Crippen LogP) is 2.87. The number of aromatic nitrogens is 1. The second-order valence-electron chi connectivity index (χ2n) is 7.32. The minimum absolute atomic E-state index is 0.0364. The Bertz CT molecular complexity index is 1050. The van der Waals surface area contributed by atoms with Crippen molar-refractivity contribution in [3.63, 3.8) is 0 Å². The molecule has 32 heavy (non-hydrogen) atoms. The number of amides is 2. The van der Waals surface area contributed by atoms with Gasteiger partial charge >= 0.3 is 5.97 Å². The summed E-state index contributed by atoms with van der Waals surface area (Å²) in [7, 11) is 0. The Hall–Kier alpha value is -3.86. The number of nitrogens with two attached hydrogens (primary N) is 1. The van der Waals surface area contributed by atoms with E-state index in [1.165, 1.54) is 11.0 Å². The summed E-state index contributed by atoms with van der Waals surface area (Å²) in [6, 6.07) is 12.5. The average Bonchev–Trinajstić information content (AvgIpc) is 3.04. The van der Waals surface area contributed by atoms with Gasteiger partial charge in [0.1, 0.15) is 11.6 Å². The third kappa shape index (κ3) is 6.32. The van der Waals surface area contributed by atoms with Gasteiger partial charge in [-0.15, -0.1) is 0 Å². The van der Waals surface area contributed by atoms with E-state index >= 15 is 0 Å². The van der Waals surface area contributed by atoms with Crippen molar-refractivity contribution in [1.82, 2.24) is 4.57 Å². The topological polar surface area (TPSA) is 118 Å². The zero-order chi connectivity index (χ0) is 23.7. The first-order valence-electron chi connectivity index (χ1n) is 10.4. The van der Waals surface area contributed by atoms with E-state index in [0.29, 0.717) is 5.69 Å². The average molecular weight is 437 g/mol. The summed E-state index contributed by atoms with van der Waals surface area (Å²) in [6.45, 7) is 6.29. The molecule has 0 aliphatic heterocycles. The quantitative estimate of drug-likeness (QED) is 0.349. The Labute approximate surface area is 187 Å². The molecule has 0 bridgehead atoms. The summed E-state index contributed by atoms with van der Waals surface area (Å²) in [5.74, 6) is -1.96. The number of primary amides is 1. The number of nitrogens with zero attached hydrogens (tertiary/aromatic N) is 3. The Morgan fingerprint density at radius 2 is 1.91 bits per heavy atom. The fraction of sp³-hybridized carbons (Fsp3) is 0.333. The van der Waals surface area contributed by atoms with Crippen LogP contribution in [0.15, 0.2) is 42.0 Å². The summed E-state index contributed by atoms with van der Waals surface area (Å²) < 4.78 is 7.24. The van der Waals surface area contributed by atoms with Crippen LogP contribution in [0.4, 0.5) is 5.69 Å². The Balaban J connectivity index is 2.13. The van der Waals surface area contributed by atoms with Crippen LogP contribution in [0, 0.1) is 25.2 Å². The number of carbonyl (C=O) groups is 3. The van der Waals surface area contributed by atoms with Crippen molar-refractivity contribution >= 4 is 29.5 Å². The molecule has 1 aromatic heterocycles. The second-order valence-corrected chi connectivity index (χ2v) is 7.32. The summed E-state index contributed by atoms with van der Waals surface area (Å²) in [6.07, 6.45) is 2.40. The highest BCUT2D eigenvalue weighted by molar-refractivity contribution is 6.01. The number of ether oxygens (including phenoxy) is 1. The molecule has 0 aliphatic carbocycles. The van der Waals surface area contributed by atoms with E-state index in [1.54, 1.807) is 30.3 Å². The SMILES string of the molecule is CCCn1c(C)cc(/C=C(\C#N)C(=O)OCC(=O)N(CCC(N)=O)c2ccccc2)c1C. The maximum absolute atomic E-state index is 12.7. The van der Waals surface area contributed by atoms with Gasteiger partial charge in [0.2, 0.25) is 5.91 Å². The third-order valence-electron chi connectivity index (χ3n) is 4.98. The molecule has 0 spiro atoms. The fourth-order valence-electron chi connectivity index (χ4n) is 3.34. The van der Waals surface area contributed by atoms with Crippen LogP contribution in [-0.4, -0.2) is 35.5 Å². The molecular formula is C24H28N4O4. The number of nitriles is 1. The lowest BCUT2D eigenvalue weighted by Crippen LogP contribution is -2.37. The van der Waals surface area contributed by atoms with Crippen LogP contribution in [0.3, 0.4) is 0 Å². The lowest BCUT2D eigenvalue weighted by Gasteiger charge is -2.22. The van der Waals surface area contributed by atoms with Gasteiger partial charge in [-0.05, 0) is 50.1 Å². The van der Waals surface area contributed by atoms with E-state index in [4.69, 9.17) is 10.5 Å². The van der Waals surface area contributed by atoms with Crippen LogP contribution < -0.4 is 10.6 Å². The van der Waals surface area contributed by atoms with Crippen LogP contribution in [-0.2, 0) is 25.7 Å². The Morgan fingerprint density at radius 1 is 1.22 bits per heavy atom. The van der Waals surface area contributed by atoms with Crippen LogP contribution >= 0.6 is 0 Å². The molecule has 0 aliphatic rings. The number of rotatable bonds is 10. The normalized spacial score (nSPS) is 11.0. The molecule has 0 unspecified atom stereocenters. The van der Waals surface area contributed by atoms with E-state index in [0.717, 1.165) is 29.9 Å². The fourth-order valence-corrected chi connectivity index (χ4v) is 3.34. The molecular weight excluding hydrogens is 408 g/mol. The smallest absolute Gasteiger partial charge is 0.349 e. The Morgan fingerprint density at radius 3 is 2.50 bits per heavy atom. The minimum atomic E-state index is -0.885. The van der Waals surface area contributed by atoms with Gasteiger partial charge < -0.3 is 19.9 Å². The number of anilines is 1. The van der Waals surface area contributed by atoms with Gasteiger partial charge in [-0.1, -0.05) is 25.1 Å². The first kappa shape index (κ1) is 24.4. The van der Waals surface area contributed by atoms with E-state index in [2.05, 4.69) is 11.5 Å². The molecule has 8 heteroatoms. The number of para-hydroxylation sites is 1. The number of esters is 1. The zero-order valence-corrected chi connectivity index (χ0v) is 18.6. The highest BCUT2D eigenvalue weighted by Crippen LogP contribution is 2.19. The lowest BCUT2D eigenvalue weighted by atomic mass is 10.1. The van der Waals surface area contributed by atoms with Gasteiger partial charge in [-0.25, -0.2) is 4.79 Å². The second kappa shape index (κ2) is 11.5. The highest BCUT2D eigenvalue weighted by Gasteiger charge is 2.20. The van der Waals surface area contributed by atoms with Crippen molar-refractivity contribution in [2.24, 2.45) is 5.73 Å².